The van der Waals surface area contributed by atoms with Gasteiger partial charge in [0.25, 0.3) is 0 Å². The second-order valence-electron chi connectivity index (χ2n) is 23.9. The van der Waals surface area contributed by atoms with Gasteiger partial charge in [-0.15, -0.1) is 0 Å². The Balaban J connectivity index is 0.000000334. The van der Waals surface area contributed by atoms with Crippen LogP contribution in [0.1, 0.15) is 83.5 Å². The zero-order valence-electron chi connectivity index (χ0n) is 47.5. The quantitative estimate of drug-likeness (QED) is 0.0375. The minimum Gasteiger partial charge on any atom is -0.748 e. The van der Waals surface area contributed by atoms with E-state index in [1.807, 2.05) is 0 Å². The first-order valence-corrected chi connectivity index (χ1v) is 34.4. The molecular weight excluding hydrogens is 1200 g/mol. The Hall–Kier alpha value is -0.551. The summed E-state index contributed by atoms with van der Waals surface area (Å²) in [5.41, 5.74) is 0. The number of fused-ring (bicyclic) bond motifs is 20. The van der Waals surface area contributed by atoms with Crippen molar-refractivity contribution in [1.29, 1.82) is 0 Å². The first-order valence-electron chi connectivity index (χ1n) is 29.9. The maximum Gasteiger partial charge on any atom is 2.00 e. The van der Waals surface area contributed by atoms with Crippen molar-refractivity contribution in [3.63, 3.8) is 0 Å². The number of quaternary nitrogens is 3. The largest absolute Gasteiger partial charge is 2.00 e. The fourth-order valence-electron chi connectivity index (χ4n) is 15.0. The van der Waals surface area contributed by atoms with Crippen molar-refractivity contribution in [2.24, 2.45) is 47.3 Å². The van der Waals surface area contributed by atoms with Gasteiger partial charge in [0.05, 0.1) is 114 Å². The van der Waals surface area contributed by atoms with Gasteiger partial charge in [-0.2, -0.15) is 0 Å². The van der Waals surface area contributed by atoms with Gasteiger partial charge < -0.3 is 106 Å². The third kappa shape index (κ3) is 20.5. The van der Waals surface area contributed by atoms with Crippen molar-refractivity contribution in [3.05, 3.63) is 10.6 Å². The first-order chi connectivity index (χ1) is 39.2. The molecule has 0 aromatic heterocycles. The minimum absolute atomic E-state index is 0. The third-order valence-corrected chi connectivity index (χ3v) is 22.8. The molecule has 83 heavy (non-hydrogen) atoms. The number of rotatable bonds is 21. The number of hydrogen-bond donors (Lipinski definition) is 18. The van der Waals surface area contributed by atoms with Crippen LogP contribution in [0.5, 0.6) is 0 Å². The molecule has 19 atom stereocenters. The second-order valence-corrected chi connectivity index (χ2v) is 28.8. The van der Waals surface area contributed by atoms with Crippen LogP contribution in [0.25, 0.3) is 10.6 Å². The molecule has 4 aliphatic carbocycles. The molecule has 8 bridgehead atoms. The van der Waals surface area contributed by atoms with Gasteiger partial charge in [-0.3, -0.25) is 10.6 Å². The predicted molar refractivity (Wildman–Crippen MR) is 295 cm³/mol. The van der Waals surface area contributed by atoms with E-state index in [9.17, 15) is 38.9 Å². The van der Waals surface area contributed by atoms with E-state index >= 15 is 0 Å². The average molecular weight is 1300 g/mol. The topological polar surface area (TPSA) is 467 Å². The molecule has 5 aliphatic heterocycles. The van der Waals surface area contributed by atoms with E-state index in [1.54, 1.807) is 0 Å². The Morgan fingerprint density at radius 1 is 0.325 bits per heavy atom. The number of aliphatic hydroxyl groups is 9. The molecular formula is C50H99CuN11O18S3. The Labute approximate surface area is 501 Å². The van der Waals surface area contributed by atoms with Gasteiger partial charge in [0.1, 0.15) is 58.9 Å². The molecule has 1 radical (unpaired) electrons. The van der Waals surface area contributed by atoms with Gasteiger partial charge in [-0.1, -0.05) is 50.3 Å². The van der Waals surface area contributed by atoms with Crippen molar-refractivity contribution in [1.82, 2.24) is 31.9 Å². The molecule has 33 heteroatoms. The standard InChI is InChI=1S/C32H54N8O9S3.3C6H15NO3.Cu/c41-50(42,43)14-5-8-19-22(11-14)30-36-26-18-4-2-1-3-17(18)25(33-26)34-27-20-9-6-15(51(44,45)46)12-23(20)31(38-27)40-32-24-13-16(52(47,48)49)7-10-21(24)29(39-32)35-28(19)37-30;3*8-4-1-7(2-5-9)3-6-10;/h14-32,34-38,40H,1-13H2,(H,41,42,43)(H,44,45,46)(H,47,48,49);3*8-10H,1-6H2;/q-2;;;;+2. The molecule has 19 unspecified atom stereocenters. The monoisotopic (exact) mass is 1300 g/mol. The van der Waals surface area contributed by atoms with E-state index < -0.39 is 64.6 Å². The normalized spacial score (nSPS) is 36.7. The summed E-state index contributed by atoms with van der Waals surface area (Å²) in [6.45, 7) is 6.34. The van der Waals surface area contributed by atoms with E-state index in [1.165, 1.54) is 0 Å². The molecule has 18 N–H and O–H groups in total. The molecule has 9 aliphatic rings. The fraction of sp³-hybridized carbons (Fsp3) is 1.00. The van der Waals surface area contributed by atoms with Crippen LogP contribution in [-0.4, -0.2) is 268 Å². The summed E-state index contributed by atoms with van der Waals surface area (Å²) in [4.78, 5) is 3.10. The molecule has 0 spiro atoms. The van der Waals surface area contributed by atoms with Crippen LogP contribution < -0.4 is 46.6 Å². The summed E-state index contributed by atoms with van der Waals surface area (Å²) in [5.74, 6) is -0.169. The molecule has 9 fully saturated rings. The maximum absolute atomic E-state index is 12.3. The zero-order valence-corrected chi connectivity index (χ0v) is 50.9. The van der Waals surface area contributed by atoms with Gasteiger partial charge in [0.2, 0.25) is 0 Å². The van der Waals surface area contributed by atoms with Crippen molar-refractivity contribution in [2.45, 2.75) is 149 Å². The van der Waals surface area contributed by atoms with Crippen LogP contribution in [0.3, 0.4) is 0 Å². The summed E-state index contributed by atoms with van der Waals surface area (Å²) in [5, 5.41) is 107. The van der Waals surface area contributed by atoms with Gasteiger partial charge >= 0.3 is 17.1 Å². The van der Waals surface area contributed by atoms with Crippen LogP contribution in [0.4, 0.5) is 0 Å². The van der Waals surface area contributed by atoms with E-state index in [4.69, 9.17) is 56.6 Å². The smallest absolute Gasteiger partial charge is 0.748 e. The summed E-state index contributed by atoms with van der Waals surface area (Å²) >= 11 is 0. The molecule has 0 aromatic rings. The van der Waals surface area contributed by atoms with E-state index in [-0.39, 0.29) is 193 Å². The zero-order chi connectivity index (χ0) is 59.8. The van der Waals surface area contributed by atoms with Crippen molar-refractivity contribution < 1.29 is 117 Å². The summed E-state index contributed by atoms with van der Waals surface area (Å²) in [7, 11) is -13.5. The Kier molecular flexibility index (Phi) is 31.0. The van der Waals surface area contributed by atoms with Crippen LogP contribution in [-0.2, 0) is 47.4 Å². The summed E-state index contributed by atoms with van der Waals surface area (Å²) in [6, 6.07) is 0. The average Bonchev–Trinajstić information content (AvgIpc) is 4.17. The molecule has 29 nitrogen and oxygen atoms in total. The van der Waals surface area contributed by atoms with Crippen LogP contribution >= 0.6 is 0 Å². The number of nitrogens with zero attached hydrogens (tertiary/aromatic N) is 2. The molecule has 0 amide bonds. The summed E-state index contributed by atoms with van der Waals surface area (Å²) in [6.07, 6.45) is 4.60. The molecule has 0 aromatic carbocycles. The molecule has 4 saturated carbocycles. The van der Waals surface area contributed by atoms with Gasteiger partial charge in [-0.05, 0) is 105 Å². The van der Waals surface area contributed by atoms with Crippen molar-refractivity contribution >= 4 is 30.4 Å². The van der Waals surface area contributed by atoms with Crippen LogP contribution in [0.2, 0.25) is 0 Å². The van der Waals surface area contributed by atoms with E-state index in [2.05, 4.69) is 31.9 Å². The van der Waals surface area contributed by atoms with Gasteiger partial charge in [0.15, 0.2) is 0 Å². The van der Waals surface area contributed by atoms with Crippen LogP contribution in [0, 0.1) is 47.3 Å². The third-order valence-electron chi connectivity index (χ3n) is 19.1. The van der Waals surface area contributed by atoms with E-state index in [0.717, 1.165) is 40.4 Å². The minimum atomic E-state index is -4.54. The van der Waals surface area contributed by atoms with Crippen molar-refractivity contribution in [3.8, 4) is 0 Å². The number of nitrogens with one attached hydrogen (secondary N) is 9. The Morgan fingerprint density at radius 2 is 0.554 bits per heavy atom. The van der Waals surface area contributed by atoms with Gasteiger partial charge in [-0.25, -0.2) is 25.3 Å². The second kappa shape index (κ2) is 35.2. The Morgan fingerprint density at radius 3 is 0.819 bits per heavy atom. The summed E-state index contributed by atoms with van der Waals surface area (Å²) < 4.78 is 111. The van der Waals surface area contributed by atoms with Crippen LogP contribution in [0.15, 0.2) is 0 Å². The number of hydrogen-bond acceptors (Lipinski definition) is 24. The SMILES string of the molecule is O=S(=O)([O-])C1CCC2C3[N-]C(NC4NC(NC5[N-]C(NC6NC(N3)C3CCC(S(=O)(=O)[O-])CC63)C3CCCCC53)C3CCC(S(=O)(=O)[O-])CC43)C2C1.OCC[NH+](CCO)CCO.OCC[NH+](CCO)CCO.OCC[NH+](CCO)CCO.[Cu+2]. The Bertz CT molecular complexity index is 2130. The predicted octanol–water partition coefficient (Wildman–Crippen LogP) is -9.71. The molecule has 5 heterocycles. The van der Waals surface area contributed by atoms with Gasteiger partial charge in [0, 0.05) is 15.7 Å². The molecule has 5 saturated heterocycles. The van der Waals surface area contributed by atoms with Crippen molar-refractivity contribution in [2.75, 3.05) is 118 Å². The fourth-order valence-corrected chi connectivity index (χ4v) is 17.6. The molecule has 491 valence electrons. The number of aliphatic hydroxyl groups excluding tert-OH is 9. The van der Waals surface area contributed by atoms with E-state index in [0.29, 0.717) is 78.2 Å². The first kappa shape index (κ1) is 73.2. The maximum atomic E-state index is 12.3. The molecule has 9 rings (SSSR count).